The third-order valence-corrected chi connectivity index (χ3v) is 18.6. The smallest absolute Gasteiger partial charge is 0.201 e. The summed E-state index contributed by atoms with van der Waals surface area (Å²) in [5.41, 5.74) is 22.3. The predicted octanol–water partition coefficient (Wildman–Crippen LogP) is 23.0. The summed E-state index contributed by atoms with van der Waals surface area (Å²) in [4.78, 5) is 0. The number of hydrogen-bond acceptors (Lipinski definition) is 0. The Morgan fingerprint density at radius 1 is 0.364 bits per heavy atom. The van der Waals surface area contributed by atoms with Gasteiger partial charge in [0.15, 0.2) is 31.0 Å². The van der Waals surface area contributed by atoms with Crippen LogP contribution in [0.4, 0.5) is 0 Å². The van der Waals surface area contributed by atoms with Crippen molar-refractivity contribution >= 4 is 0 Å². The second-order valence-corrected chi connectivity index (χ2v) is 26.1. The largest absolute Gasteiger partial charge is 0.212 e. The van der Waals surface area contributed by atoms with E-state index in [-0.39, 0.29) is 48.3 Å². The fourth-order valence-electron chi connectivity index (χ4n) is 13.3. The van der Waals surface area contributed by atoms with Crippen LogP contribution in [0.5, 0.6) is 0 Å². The van der Waals surface area contributed by atoms with Gasteiger partial charge in [0.2, 0.25) is 28.5 Å². The summed E-state index contributed by atoms with van der Waals surface area (Å²) >= 11 is 0. The standard InChI is InChI=1S/2C19H24N.C18H24N.C17H22N.C16H20N.5CH4/c2*1-14-8-4-7-11-17(14)19-12-18(15(2)13-20(19)3)16-9-5-6-10-16;1-13(2)10-16-11-18(19(5)12-15(16)4)17-9-7-6-8-14(17)3;1-5-14-11-17(18(4)12-15(14)6-2)16-10-8-7-9-13(16)3;1-5-14-10-16(17(4)11-13(14)3)15-9-7-6-8-12(15)2;;;;;/h2*4,7-8,11-13,16H,5-6,9-10H2,1-3H3;6-9,11-13H,10H2,1-5H3;7-12H,5-6H2,1-4H3;6-11H,5H2,1-4H3;5*1H4/q5*+1;;;;;/i2D3,16D;2D3;4D3;5D2;3D3,5D2;;;;;. The summed E-state index contributed by atoms with van der Waals surface area (Å²) in [6.07, 6.45) is 15.5. The van der Waals surface area contributed by atoms with Crippen LogP contribution in [-0.2, 0) is 60.8 Å². The summed E-state index contributed by atoms with van der Waals surface area (Å²) in [5, 5.41) is 0. The van der Waals surface area contributed by atoms with Crippen molar-refractivity contribution in [1.29, 1.82) is 0 Å². The van der Waals surface area contributed by atoms with Crippen LogP contribution in [0.1, 0.15) is 242 Å². The quantitative estimate of drug-likeness (QED) is 0.109. The minimum atomic E-state index is -2.35. The molecule has 5 heterocycles. The van der Waals surface area contributed by atoms with E-state index in [9.17, 15) is 0 Å². The number of rotatable bonds is 12. The summed E-state index contributed by atoms with van der Waals surface area (Å²) in [6, 6.07) is 50.4. The van der Waals surface area contributed by atoms with Gasteiger partial charge in [0, 0.05) is 109 Å². The number of aromatic nitrogens is 5. The molecule has 5 aromatic carbocycles. The van der Waals surface area contributed by atoms with Gasteiger partial charge in [-0.05, 0) is 217 Å². The van der Waals surface area contributed by atoms with Crippen LogP contribution in [0.15, 0.2) is 183 Å². The van der Waals surface area contributed by atoms with Crippen LogP contribution in [-0.4, -0.2) is 0 Å². The molecule has 0 saturated heterocycles. The van der Waals surface area contributed by atoms with Crippen molar-refractivity contribution in [2.45, 2.75) is 223 Å². The van der Waals surface area contributed by atoms with Crippen molar-refractivity contribution in [2.24, 2.45) is 41.2 Å². The van der Waals surface area contributed by atoms with E-state index in [0.29, 0.717) is 34.1 Å². The lowest BCUT2D eigenvalue weighted by Crippen LogP contribution is -2.32. The van der Waals surface area contributed by atoms with Gasteiger partial charge in [0.1, 0.15) is 35.2 Å². The van der Waals surface area contributed by atoms with Crippen LogP contribution in [0, 0.1) is 67.9 Å². The average Bonchev–Trinajstić information content (AvgIpc) is 1.37. The van der Waals surface area contributed by atoms with Gasteiger partial charge in [-0.15, -0.1) is 0 Å². The SMILES string of the molecule is C.C.C.C.C.[2H]C([2H])(C)c1cc(-c2ccccc2C)[n+](C)cc1CC.[2H]C([2H])([2H])c1c[n+](C)c(-c2ccccc2C)cc1C([2H])([2H])C.[2H]C([2H])([2H])c1c[n+](C)c(-c2ccccc2C)cc1C1([2H])CCCC1.[2H]C([2H])([2H])c1c[n+](C)c(-c2ccccc2C)cc1C1CCCC1.[2H]C([2H])([2H])c1c[n+](C)c(-c2ccccc2C)cc1CC(C)C. The Morgan fingerprint density at radius 3 is 1.00 bits per heavy atom. The Hall–Kier alpha value is -8.15. The van der Waals surface area contributed by atoms with E-state index in [2.05, 4.69) is 114 Å². The highest BCUT2D eigenvalue weighted by Gasteiger charge is 2.26. The molecule has 5 aromatic heterocycles. The Morgan fingerprint density at radius 2 is 0.657 bits per heavy atom. The maximum absolute atomic E-state index is 8.87. The molecular formula is C94H134N5+5. The van der Waals surface area contributed by atoms with Gasteiger partial charge in [-0.2, -0.15) is 0 Å². The van der Waals surface area contributed by atoms with E-state index >= 15 is 0 Å². The number of hydrogen-bond donors (Lipinski definition) is 0. The van der Waals surface area contributed by atoms with E-state index in [1.54, 1.807) is 37.0 Å². The second kappa shape index (κ2) is 40.2. The highest BCUT2D eigenvalue weighted by Crippen LogP contribution is 2.39. The fraction of sp³-hybridized carbons (Fsp3) is 0.415. The molecule has 0 unspecified atom stereocenters. The lowest BCUT2D eigenvalue weighted by atomic mass is 9.92. The van der Waals surface area contributed by atoms with Crippen molar-refractivity contribution in [3.05, 3.63) is 266 Å². The third kappa shape index (κ3) is 21.7. The van der Waals surface area contributed by atoms with Crippen molar-refractivity contribution < 1.29 is 46.1 Å². The first-order chi connectivity index (χ1) is 51.7. The van der Waals surface area contributed by atoms with Crippen LogP contribution in [0.2, 0.25) is 0 Å². The predicted molar refractivity (Wildman–Crippen MR) is 431 cm³/mol. The summed E-state index contributed by atoms with van der Waals surface area (Å²) < 4.78 is 144. The Kier molecular flexibility index (Phi) is 24.7. The monoisotopic (exact) mass is 1350 g/mol. The first kappa shape index (κ1) is 60.8. The maximum Gasteiger partial charge on any atom is 0.212 e. The lowest BCUT2D eigenvalue weighted by molar-refractivity contribution is -0.661. The third-order valence-electron chi connectivity index (χ3n) is 18.6. The molecule has 10 aromatic rings. The number of nitrogens with zero attached hydrogens (tertiary/aromatic N) is 5. The molecule has 0 aliphatic heterocycles. The lowest BCUT2D eigenvalue weighted by Gasteiger charge is -2.14. The topological polar surface area (TPSA) is 19.4 Å². The van der Waals surface area contributed by atoms with E-state index in [4.69, 9.17) is 23.3 Å². The van der Waals surface area contributed by atoms with Gasteiger partial charge in [-0.3, -0.25) is 0 Å². The zero-order chi connectivity index (χ0) is 82.3. The molecule has 0 spiro atoms. The zero-order valence-corrected chi connectivity index (χ0v) is 58.8. The zero-order valence-electron chi connectivity index (χ0n) is 75.8. The number of pyridine rings is 5. The molecule has 2 aliphatic rings. The molecule has 2 saturated carbocycles. The van der Waals surface area contributed by atoms with Gasteiger partial charge in [-0.25, -0.2) is 22.8 Å². The van der Waals surface area contributed by atoms with Crippen molar-refractivity contribution in [3.8, 4) is 56.3 Å². The summed E-state index contributed by atoms with van der Waals surface area (Å²) in [5.74, 6) is 0.0167. The van der Waals surface area contributed by atoms with Crippen molar-refractivity contribution in [3.63, 3.8) is 0 Å². The first-order valence-electron chi connectivity index (χ1n) is 42.2. The molecule has 2 fully saturated rings. The van der Waals surface area contributed by atoms with Crippen LogP contribution in [0.25, 0.3) is 56.3 Å². The molecule has 12 rings (SSSR count). The molecular weight excluding hydrogens is 1200 g/mol. The summed E-state index contributed by atoms with van der Waals surface area (Å²) in [6.45, 7) is 10.9. The Balaban J connectivity index is 0.000000372. The van der Waals surface area contributed by atoms with E-state index in [0.717, 1.165) is 135 Å². The molecule has 5 heteroatoms. The highest BCUT2D eigenvalue weighted by atomic mass is 14.9. The van der Waals surface area contributed by atoms with Gasteiger partial charge in [0.05, 0.1) is 0 Å². The fourth-order valence-corrected chi connectivity index (χ4v) is 13.3. The second-order valence-electron chi connectivity index (χ2n) is 26.1. The van der Waals surface area contributed by atoms with Crippen molar-refractivity contribution in [2.75, 3.05) is 0 Å². The maximum atomic E-state index is 8.87. The van der Waals surface area contributed by atoms with Gasteiger partial charge < -0.3 is 0 Å². The number of aryl methyl sites for hydroxylation is 17. The van der Waals surface area contributed by atoms with Gasteiger partial charge >= 0.3 is 0 Å². The molecule has 5 nitrogen and oxygen atoms in total. The number of benzene rings is 5. The van der Waals surface area contributed by atoms with Crippen LogP contribution < -0.4 is 22.8 Å². The summed E-state index contributed by atoms with van der Waals surface area (Å²) in [7, 11) is 9.54. The molecule has 530 valence electrons. The van der Waals surface area contributed by atoms with Gasteiger partial charge in [0.25, 0.3) is 0 Å². The van der Waals surface area contributed by atoms with E-state index in [1.165, 1.54) is 48.2 Å². The van der Waals surface area contributed by atoms with E-state index < -0.39 is 46.0 Å². The molecule has 0 amide bonds. The van der Waals surface area contributed by atoms with Crippen LogP contribution in [0.3, 0.4) is 0 Å². The molecule has 99 heavy (non-hydrogen) atoms. The van der Waals surface area contributed by atoms with Gasteiger partial charge in [-0.1, -0.05) is 188 Å². The highest BCUT2D eigenvalue weighted by molar-refractivity contribution is 5.65. The molecule has 0 N–H and O–H groups in total. The average molecular weight is 1350 g/mol. The Bertz CT molecular complexity index is 4890. The minimum absolute atomic E-state index is 0. The Labute approximate surface area is 629 Å². The molecule has 0 bridgehead atoms. The first-order valence-corrected chi connectivity index (χ1v) is 33.7. The molecule has 0 atom stereocenters. The molecule has 2 aliphatic carbocycles. The normalized spacial score (nSPS) is 15.9. The van der Waals surface area contributed by atoms with Crippen molar-refractivity contribution in [1.82, 2.24) is 0 Å². The van der Waals surface area contributed by atoms with E-state index in [1.807, 2.05) is 146 Å². The minimum Gasteiger partial charge on any atom is -0.201 e. The van der Waals surface area contributed by atoms with Crippen LogP contribution >= 0.6 is 0 Å². The molecule has 0 radical (unpaired) electrons.